The molecule has 130 valence electrons. The maximum absolute atomic E-state index is 12.9. The van der Waals surface area contributed by atoms with E-state index in [4.69, 9.17) is 10.5 Å². The van der Waals surface area contributed by atoms with Gasteiger partial charge in [0.25, 0.3) is 0 Å². The van der Waals surface area contributed by atoms with Crippen LogP contribution in [0.1, 0.15) is 31.7 Å². The molecule has 0 bridgehead atoms. The number of hydrogen-bond donors (Lipinski definition) is 1. The van der Waals surface area contributed by atoms with E-state index in [1.54, 1.807) is 0 Å². The average Bonchev–Trinajstić information content (AvgIpc) is 3.01. The fraction of sp³-hybridized carbons (Fsp3) is 0.733. The van der Waals surface area contributed by atoms with Crippen LogP contribution in [0.15, 0.2) is 16.9 Å². The molecule has 6 nitrogen and oxygen atoms in total. The Morgan fingerprint density at radius 1 is 1.39 bits per heavy atom. The van der Waals surface area contributed by atoms with Gasteiger partial charge in [-0.3, -0.25) is 9.48 Å². The lowest BCUT2D eigenvalue weighted by molar-refractivity contribution is -0.148. The number of rotatable bonds is 3. The molecule has 0 atom stereocenters. The molecule has 2 aliphatic rings. The van der Waals surface area contributed by atoms with Crippen LogP contribution in [0.25, 0.3) is 0 Å². The summed E-state index contributed by atoms with van der Waals surface area (Å²) in [4.78, 5) is 14.9. The highest BCUT2D eigenvalue weighted by Crippen LogP contribution is 2.33. The molecule has 0 radical (unpaired) electrons. The van der Waals surface area contributed by atoms with Gasteiger partial charge in [0, 0.05) is 39.0 Å². The summed E-state index contributed by atoms with van der Waals surface area (Å²) < 4.78 is 8.39. The van der Waals surface area contributed by atoms with Gasteiger partial charge in [-0.25, -0.2) is 0 Å². The van der Waals surface area contributed by atoms with Gasteiger partial charge in [-0.2, -0.15) is 5.10 Å². The van der Waals surface area contributed by atoms with Gasteiger partial charge in [-0.1, -0.05) is 0 Å². The molecular weight excluding hydrogens is 384 g/mol. The van der Waals surface area contributed by atoms with Crippen molar-refractivity contribution >= 4 is 34.2 Å². The Balaban J connectivity index is 0.00000192. The van der Waals surface area contributed by atoms with E-state index in [2.05, 4.69) is 21.0 Å². The van der Waals surface area contributed by atoms with Crippen molar-refractivity contribution in [3.05, 3.63) is 16.9 Å². The number of carbonyl (C=O) groups excluding carboxylic acids is 1. The quantitative estimate of drug-likeness (QED) is 0.831. The molecule has 2 saturated heterocycles. The highest BCUT2D eigenvalue weighted by Gasteiger charge is 2.42. The van der Waals surface area contributed by atoms with Gasteiger partial charge in [0.05, 0.1) is 22.1 Å². The molecule has 2 fully saturated rings. The number of piperidine rings is 1. The van der Waals surface area contributed by atoms with E-state index >= 15 is 0 Å². The van der Waals surface area contributed by atoms with Crippen molar-refractivity contribution in [3.63, 3.8) is 0 Å². The zero-order chi connectivity index (χ0) is 15.6. The summed E-state index contributed by atoms with van der Waals surface area (Å²) in [5, 5.41) is 4.36. The van der Waals surface area contributed by atoms with Gasteiger partial charge in [0.15, 0.2) is 0 Å². The Kier molecular flexibility index (Phi) is 6.48. The van der Waals surface area contributed by atoms with Crippen molar-refractivity contribution in [1.82, 2.24) is 14.7 Å². The Morgan fingerprint density at radius 2 is 2.04 bits per heavy atom. The summed E-state index contributed by atoms with van der Waals surface area (Å²) in [6.07, 6.45) is 7.18. The SMILES string of the molecule is Cl.NCC1(C(=O)N2CCC(n3cc(Br)cn3)CC2)CCOCC1. The van der Waals surface area contributed by atoms with Crippen LogP contribution in [0.4, 0.5) is 0 Å². The number of nitrogens with zero attached hydrogens (tertiary/aromatic N) is 3. The van der Waals surface area contributed by atoms with E-state index in [9.17, 15) is 4.79 Å². The number of halogens is 2. The van der Waals surface area contributed by atoms with Crippen LogP contribution in [-0.2, 0) is 9.53 Å². The maximum atomic E-state index is 12.9. The van der Waals surface area contributed by atoms with Crippen LogP contribution in [0.3, 0.4) is 0 Å². The third kappa shape index (κ3) is 3.90. The van der Waals surface area contributed by atoms with Gasteiger partial charge >= 0.3 is 0 Å². The molecular formula is C15H24BrClN4O2. The number of amides is 1. The minimum Gasteiger partial charge on any atom is -0.381 e. The average molecular weight is 408 g/mol. The van der Waals surface area contributed by atoms with Crippen LogP contribution in [0.2, 0.25) is 0 Å². The summed E-state index contributed by atoms with van der Waals surface area (Å²) in [5.74, 6) is 0.221. The lowest BCUT2D eigenvalue weighted by Crippen LogP contribution is -2.52. The van der Waals surface area contributed by atoms with Gasteiger partial charge in [0.2, 0.25) is 5.91 Å². The smallest absolute Gasteiger partial charge is 0.230 e. The number of carbonyl (C=O) groups is 1. The molecule has 2 aliphatic heterocycles. The first-order chi connectivity index (χ1) is 10.6. The Morgan fingerprint density at radius 3 is 2.57 bits per heavy atom. The molecule has 1 aromatic heterocycles. The van der Waals surface area contributed by atoms with E-state index < -0.39 is 5.41 Å². The van der Waals surface area contributed by atoms with Crippen LogP contribution >= 0.6 is 28.3 Å². The normalized spacial score (nSPS) is 21.7. The van der Waals surface area contributed by atoms with E-state index in [0.717, 1.165) is 43.2 Å². The standard InChI is InChI=1S/C15H23BrN4O2.ClH/c16-12-9-18-20(10-12)13-1-5-19(6-2-13)14(21)15(11-17)3-7-22-8-4-15;/h9-10,13H,1-8,11,17H2;1H. The zero-order valence-corrected chi connectivity index (χ0v) is 15.5. The summed E-state index contributed by atoms with van der Waals surface area (Å²) in [5.41, 5.74) is 5.54. The minimum absolute atomic E-state index is 0. The van der Waals surface area contributed by atoms with Gasteiger partial charge in [-0.05, 0) is 41.6 Å². The van der Waals surface area contributed by atoms with Gasteiger partial charge in [-0.15, -0.1) is 12.4 Å². The van der Waals surface area contributed by atoms with E-state index in [1.165, 1.54) is 0 Å². The van der Waals surface area contributed by atoms with Crippen LogP contribution in [-0.4, -0.2) is 53.4 Å². The lowest BCUT2D eigenvalue weighted by atomic mass is 9.78. The first kappa shape index (κ1) is 18.7. The second kappa shape index (κ2) is 7.96. The predicted molar refractivity (Wildman–Crippen MR) is 93.6 cm³/mol. The Hall–Kier alpha value is -0.630. The third-order valence-electron chi connectivity index (χ3n) is 4.99. The monoisotopic (exact) mass is 406 g/mol. The van der Waals surface area contributed by atoms with Crippen molar-refractivity contribution in [2.75, 3.05) is 32.8 Å². The van der Waals surface area contributed by atoms with Gasteiger partial charge < -0.3 is 15.4 Å². The van der Waals surface area contributed by atoms with E-state index in [1.807, 2.05) is 22.0 Å². The van der Waals surface area contributed by atoms with Crippen molar-refractivity contribution in [2.24, 2.45) is 11.1 Å². The van der Waals surface area contributed by atoms with Crippen LogP contribution < -0.4 is 5.73 Å². The number of nitrogens with two attached hydrogens (primary N) is 1. The van der Waals surface area contributed by atoms with E-state index in [0.29, 0.717) is 25.8 Å². The molecule has 0 aliphatic carbocycles. The summed E-state index contributed by atoms with van der Waals surface area (Å²) >= 11 is 3.43. The second-order valence-corrected chi connectivity index (χ2v) is 7.17. The molecule has 23 heavy (non-hydrogen) atoms. The molecule has 8 heteroatoms. The number of ether oxygens (including phenoxy) is 1. The number of likely N-dealkylation sites (tertiary alicyclic amines) is 1. The lowest BCUT2D eigenvalue weighted by Gasteiger charge is -2.41. The maximum Gasteiger partial charge on any atom is 0.230 e. The fourth-order valence-corrected chi connectivity index (χ4v) is 3.75. The molecule has 1 aromatic rings. The molecule has 0 unspecified atom stereocenters. The van der Waals surface area contributed by atoms with Crippen LogP contribution in [0.5, 0.6) is 0 Å². The molecule has 2 N–H and O–H groups in total. The first-order valence-electron chi connectivity index (χ1n) is 7.91. The molecule has 3 heterocycles. The largest absolute Gasteiger partial charge is 0.381 e. The zero-order valence-electron chi connectivity index (χ0n) is 13.1. The predicted octanol–water partition coefficient (Wildman–Crippen LogP) is 1.99. The second-order valence-electron chi connectivity index (χ2n) is 6.26. The number of aromatic nitrogens is 2. The topological polar surface area (TPSA) is 73.4 Å². The summed E-state index contributed by atoms with van der Waals surface area (Å²) in [6, 6.07) is 0.374. The fourth-order valence-electron chi connectivity index (χ4n) is 3.45. The molecule has 3 rings (SSSR count). The molecule has 0 spiro atoms. The van der Waals surface area contributed by atoms with Crippen LogP contribution in [0, 0.1) is 5.41 Å². The third-order valence-corrected chi connectivity index (χ3v) is 5.40. The van der Waals surface area contributed by atoms with Crippen molar-refractivity contribution in [1.29, 1.82) is 0 Å². The Labute approximate surface area is 151 Å². The van der Waals surface area contributed by atoms with Crippen molar-refractivity contribution < 1.29 is 9.53 Å². The number of hydrogen-bond acceptors (Lipinski definition) is 4. The molecule has 1 amide bonds. The minimum atomic E-state index is -0.403. The van der Waals surface area contributed by atoms with Crippen molar-refractivity contribution in [3.8, 4) is 0 Å². The molecule has 0 saturated carbocycles. The molecule has 0 aromatic carbocycles. The first-order valence-corrected chi connectivity index (χ1v) is 8.71. The summed E-state index contributed by atoms with van der Waals surface area (Å²) in [7, 11) is 0. The highest BCUT2D eigenvalue weighted by atomic mass is 79.9. The summed E-state index contributed by atoms with van der Waals surface area (Å²) in [6.45, 7) is 3.26. The van der Waals surface area contributed by atoms with E-state index in [-0.39, 0.29) is 18.3 Å². The van der Waals surface area contributed by atoms with Crippen molar-refractivity contribution in [2.45, 2.75) is 31.7 Å². The Bertz CT molecular complexity index is 525. The van der Waals surface area contributed by atoms with Gasteiger partial charge in [0.1, 0.15) is 0 Å². The highest BCUT2D eigenvalue weighted by molar-refractivity contribution is 9.10.